The van der Waals surface area contributed by atoms with Crippen molar-refractivity contribution in [2.24, 2.45) is 0 Å². The minimum absolute atomic E-state index is 0.201. The van der Waals surface area contributed by atoms with E-state index >= 15 is 0 Å². The second-order valence-electron chi connectivity index (χ2n) is 4.10. The van der Waals surface area contributed by atoms with Crippen LogP contribution in [-0.2, 0) is 6.42 Å². The molecule has 1 heterocycles. The van der Waals surface area contributed by atoms with E-state index in [1.807, 2.05) is 42.5 Å². The molecule has 2 N–H and O–H groups in total. The molecule has 0 saturated heterocycles. The average Bonchev–Trinajstić information content (AvgIpc) is 2.68. The summed E-state index contributed by atoms with van der Waals surface area (Å²) >= 11 is 0. The van der Waals surface area contributed by atoms with Gasteiger partial charge in [0.1, 0.15) is 0 Å². The largest absolute Gasteiger partial charge is 0.492 e. The average molecular weight is 241 g/mol. The summed E-state index contributed by atoms with van der Waals surface area (Å²) in [6.07, 6.45) is 0.381. The summed E-state index contributed by atoms with van der Waals surface area (Å²) < 4.78 is 4.91. The van der Waals surface area contributed by atoms with Gasteiger partial charge in [-0.2, -0.15) is 0 Å². The molecule has 0 bridgehead atoms. The van der Waals surface area contributed by atoms with E-state index in [4.69, 9.17) is 4.42 Å². The molecule has 0 amide bonds. The van der Waals surface area contributed by atoms with E-state index < -0.39 is 5.76 Å². The Morgan fingerprint density at radius 2 is 1.89 bits per heavy atom. The summed E-state index contributed by atoms with van der Waals surface area (Å²) in [6, 6.07) is 13.9. The van der Waals surface area contributed by atoms with Gasteiger partial charge in [-0.1, -0.05) is 42.5 Å². The predicted octanol–water partition coefficient (Wildman–Crippen LogP) is 2.42. The first-order valence-electron chi connectivity index (χ1n) is 5.61. The highest BCUT2D eigenvalue weighted by molar-refractivity contribution is 5.85. The molecular weight excluding hydrogens is 230 g/mol. The Morgan fingerprint density at radius 3 is 2.67 bits per heavy atom. The van der Waals surface area contributed by atoms with E-state index in [1.54, 1.807) is 0 Å². The Morgan fingerprint density at radius 1 is 1.11 bits per heavy atom. The molecule has 0 aliphatic heterocycles. The first kappa shape index (κ1) is 10.7. The zero-order valence-electron chi connectivity index (χ0n) is 9.51. The third kappa shape index (κ3) is 1.78. The number of rotatable bonds is 2. The molecule has 0 fully saturated rings. The van der Waals surface area contributed by atoms with Crippen molar-refractivity contribution in [1.29, 1.82) is 0 Å². The molecule has 3 rings (SSSR count). The van der Waals surface area contributed by atoms with Crippen LogP contribution in [0.1, 0.15) is 11.3 Å². The van der Waals surface area contributed by atoms with E-state index in [-0.39, 0.29) is 11.6 Å². The quantitative estimate of drug-likeness (QED) is 0.724. The van der Waals surface area contributed by atoms with E-state index in [1.165, 1.54) is 0 Å². The third-order valence-corrected chi connectivity index (χ3v) is 2.93. The number of aromatic amines is 1. The zero-order valence-corrected chi connectivity index (χ0v) is 9.51. The highest BCUT2D eigenvalue weighted by Crippen LogP contribution is 2.23. The zero-order chi connectivity index (χ0) is 12.5. The first-order valence-corrected chi connectivity index (χ1v) is 5.61. The lowest BCUT2D eigenvalue weighted by Gasteiger charge is -2.04. The van der Waals surface area contributed by atoms with Crippen molar-refractivity contribution in [3.8, 4) is 5.88 Å². The second-order valence-corrected chi connectivity index (χ2v) is 4.10. The number of aromatic hydroxyl groups is 1. The van der Waals surface area contributed by atoms with Crippen LogP contribution in [0.25, 0.3) is 10.8 Å². The molecule has 2 aromatic carbocycles. The molecule has 1 aromatic heterocycles. The van der Waals surface area contributed by atoms with Gasteiger partial charge < -0.3 is 9.52 Å². The molecule has 0 unspecified atom stereocenters. The summed E-state index contributed by atoms with van der Waals surface area (Å²) in [5, 5.41) is 11.7. The number of benzene rings is 2. The molecule has 0 radical (unpaired) electrons. The fraction of sp³-hybridized carbons (Fsp3) is 0.0714. The summed E-state index contributed by atoms with van der Waals surface area (Å²) in [4.78, 5) is 13.2. The van der Waals surface area contributed by atoms with E-state index in [0.717, 1.165) is 16.3 Å². The van der Waals surface area contributed by atoms with Crippen LogP contribution >= 0.6 is 0 Å². The molecule has 3 aromatic rings. The van der Waals surface area contributed by atoms with Crippen LogP contribution in [0.15, 0.2) is 51.7 Å². The van der Waals surface area contributed by atoms with Crippen LogP contribution < -0.4 is 5.76 Å². The number of nitrogens with one attached hydrogen (secondary N) is 1. The van der Waals surface area contributed by atoms with Gasteiger partial charge >= 0.3 is 5.76 Å². The van der Waals surface area contributed by atoms with Gasteiger partial charge in [0.25, 0.3) is 0 Å². The lowest BCUT2D eigenvalue weighted by molar-refractivity contribution is 0.426. The summed E-state index contributed by atoms with van der Waals surface area (Å²) in [5.41, 5.74) is 1.01. The molecule has 90 valence electrons. The van der Waals surface area contributed by atoms with E-state index in [2.05, 4.69) is 4.98 Å². The molecular formula is C14H11NO3. The van der Waals surface area contributed by atoms with Gasteiger partial charge in [-0.25, -0.2) is 4.79 Å². The standard InChI is InChI=1S/C14H11NO3/c16-13-12(18-14(17)15-13)8-10-6-3-5-9-4-1-2-7-11(9)10/h1-7,16H,8H2,(H,15,17). The van der Waals surface area contributed by atoms with Crippen LogP contribution in [0.4, 0.5) is 0 Å². The first-order chi connectivity index (χ1) is 8.74. The fourth-order valence-corrected chi connectivity index (χ4v) is 2.09. The van der Waals surface area contributed by atoms with Crippen LogP contribution in [0.5, 0.6) is 5.88 Å². The smallest absolute Gasteiger partial charge is 0.419 e. The van der Waals surface area contributed by atoms with Crippen LogP contribution in [-0.4, -0.2) is 10.1 Å². The molecule has 0 aliphatic carbocycles. The highest BCUT2D eigenvalue weighted by Gasteiger charge is 2.10. The third-order valence-electron chi connectivity index (χ3n) is 2.93. The number of hydrogen-bond donors (Lipinski definition) is 2. The topological polar surface area (TPSA) is 66.2 Å². The van der Waals surface area contributed by atoms with Crippen LogP contribution in [0.2, 0.25) is 0 Å². The van der Waals surface area contributed by atoms with Gasteiger partial charge in [0.15, 0.2) is 5.76 Å². The summed E-state index contributed by atoms with van der Waals surface area (Å²) in [6.45, 7) is 0. The van der Waals surface area contributed by atoms with Gasteiger partial charge in [-0.3, -0.25) is 4.98 Å². The van der Waals surface area contributed by atoms with Crippen molar-refractivity contribution in [1.82, 2.24) is 4.98 Å². The maximum atomic E-state index is 11.0. The Bertz CT molecular complexity index is 750. The minimum atomic E-state index is -0.636. The summed E-state index contributed by atoms with van der Waals surface area (Å²) in [5.74, 6) is -0.577. The number of hydrogen-bond acceptors (Lipinski definition) is 3. The Balaban J connectivity index is 2.10. The fourth-order valence-electron chi connectivity index (χ4n) is 2.09. The summed E-state index contributed by atoms with van der Waals surface area (Å²) in [7, 11) is 0. The van der Waals surface area contributed by atoms with Crippen molar-refractivity contribution in [2.75, 3.05) is 0 Å². The van der Waals surface area contributed by atoms with Crippen molar-refractivity contribution >= 4 is 10.8 Å². The Labute approximate surface area is 103 Å². The Hall–Kier alpha value is -2.49. The molecule has 4 nitrogen and oxygen atoms in total. The monoisotopic (exact) mass is 241 g/mol. The van der Waals surface area contributed by atoms with Gasteiger partial charge in [-0.15, -0.1) is 0 Å². The number of H-pyrrole nitrogens is 1. The maximum Gasteiger partial charge on any atom is 0.419 e. The second kappa shape index (κ2) is 4.07. The molecule has 0 atom stereocenters. The lowest BCUT2D eigenvalue weighted by atomic mass is 10.0. The Kier molecular flexibility index (Phi) is 2.41. The normalized spacial score (nSPS) is 10.9. The number of oxazole rings is 1. The van der Waals surface area contributed by atoms with Gasteiger partial charge in [0.2, 0.25) is 5.88 Å². The van der Waals surface area contributed by atoms with Gasteiger partial charge in [0.05, 0.1) is 0 Å². The van der Waals surface area contributed by atoms with Crippen molar-refractivity contribution in [3.63, 3.8) is 0 Å². The van der Waals surface area contributed by atoms with Crippen LogP contribution in [0.3, 0.4) is 0 Å². The van der Waals surface area contributed by atoms with Crippen molar-refractivity contribution < 1.29 is 9.52 Å². The van der Waals surface area contributed by atoms with E-state index in [9.17, 15) is 9.90 Å². The van der Waals surface area contributed by atoms with Crippen LogP contribution in [0, 0.1) is 0 Å². The maximum absolute atomic E-state index is 11.0. The minimum Gasteiger partial charge on any atom is -0.492 e. The lowest BCUT2D eigenvalue weighted by Crippen LogP contribution is -1.93. The van der Waals surface area contributed by atoms with Gasteiger partial charge in [-0.05, 0) is 16.3 Å². The molecule has 0 aliphatic rings. The molecule has 18 heavy (non-hydrogen) atoms. The molecule has 4 heteroatoms. The number of fused-ring (bicyclic) bond motifs is 1. The molecule has 0 saturated carbocycles. The van der Waals surface area contributed by atoms with Gasteiger partial charge in [0, 0.05) is 6.42 Å². The molecule has 0 spiro atoms. The number of aromatic nitrogens is 1. The van der Waals surface area contributed by atoms with E-state index in [0.29, 0.717) is 6.42 Å². The predicted molar refractivity (Wildman–Crippen MR) is 67.7 cm³/mol. The SMILES string of the molecule is O=c1[nH]c(O)c(Cc2cccc3ccccc23)o1. The van der Waals surface area contributed by atoms with Crippen molar-refractivity contribution in [3.05, 3.63) is 64.3 Å². The van der Waals surface area contributed by atoms with Crippen molar-refractivity contribution in [2.45, 2.75) is 6.42 Å². The highest BCUT2D eigenvalue weighted by atomic mass is 16.4.